The van der Waals surface area contributed by atoms with E-state index in [0.29, 0.717) is 37.3 Å². The molecule has 0 spiro atoms. The average molecular weight is 374 g/mol. The number of fused-ring (bicyclic) bond motifs is 2. The molecule has 3 aromatic rings. The van der Waals surface area contributed by atoms with Gasteiger partial charge in [-0.1, -0.05) is 23.7 Å². The van der Waals surface area contributed by atoms with Crippen molar-refractivity contribution < 1.29 is 4.74 Å². The van der Waals surface area contributed by atoms with E-state index in [2.05, 4.69) is 10.00 Å². The zero-order valence-corrected chi connectivity index (χ0v) is 15.3. The smallest absolute Gasteiger partial charge is 0.264 e. The Morgan fingerprint density at radius 2 is 2.04 bits per heavy atom. The molecule has 1 aliphatic heterocycles. The van der Waals surface area contributed by atoms with Gasteiger partial charge < -0.3 is 4.74 Å². The molecule has 1 aromatic carbocycles. The highest BCUT2D eigenvalue weighted by atomic mass is 35.5. The number of benzene rings is 1. The summed E-state index contributed by atoms with van der Waals surface area (Å²) >= 11 is 5.96. The van der Waals surface area contributed by atoms with E-state index >= 15 is 0 Å². The molecular weight excluding hydrogens is 354 g/mol. The molecule has 136 valence electrons. The lowest BCUT2D eigenvalue weighted by molar-refractivity contribution is 0.184. The second-order valence-corrected chi connectivity index (χ2v) is 6.86. The maximum absolute atomic E-state index is 12.8. The second-order valence-electron chi connectivity index (χ2n) is 6.42. The molecule has 0 atom stereocenters. The first-order valence-corrected chi connectivity index (χ1v) is 8.94. The fraction of sp³-hybridized carbons (Fsp3) is 0.389. The summed E-state index contributed by atoms with van der Waals surface area (Å²) in [6.45, 7) is 3.97. The van der Waals surface area contributed by atoms with Crippen molar-refractivity contribution in [3.8, 4) is 0 Å². The number of halogens is 1. The summed E-state index contributed by atoms with van der Waals surface area (Å²) in [5.74, 6) is 0.780. The monoisotopic (exact) mass is 373 g/mol. The average Bonchev–Trinajstić information content (AvgIpc) is 3.05. The molecule has 0 bridgehead atoms. The van der Waals surface area contributed by atoms with Gasteiger partial charge in [-0.25, -0.2) is 9.67 Å². The summed E-state index contributed by atoms with van der Waals surface area (Å²) in [5, 5.41) is 5.59. The van der Waals surface area contributed by atoms with Crippen molar-refractivity contribution in [2.24, 2.45) is 0 Å². The molecule has 0 radical (unpaired) electrons. The Kier molecular flexibility index (Phi) is 4.76. The minimum Gasteiger partial charge on any atom is -0.383 e. The molecule has 1 aliphatic rings. The first kappa shape index (κ1) is 17.2. The lowest BCUT2D eigenvalue weighted by Crippen LogP contribution is -2.39. The zero-order valence-electron chi connectivity index (χ0n) is 14.6. The van der Waals surface area contributed by atoms with E-state index in [-0.39, 0.29) is 5.56 Å². The van der Waals surface area contributed by atoms with Crippen molar-refractivity contribution in [1.29, 1.82) is 0 Å². The second kappa shape index (κ2) is 7.19. The number of nitrogens with zero attached hydrogens (tertiary/aromatic N) is 5. The molecule has 0 unspecified atom stereocenters. The van der Waals surface area contributed by atoms with E-state index in [1.54, 1.807) is 22.6 Å². The quantitative estimate of drug-likeness (QED) is 0.683. The van der Waals surface area contributed by atoms with Crippen LogP contribution >= 0.6 is 11.6 Å². The summed E-state index contributed by atoms with van der Waals surface area (Å²) in [5.41, 5.74) is 1.81. The van der Waals surface area contributed by atoms with Crippen LogP contribution in [0.25, 0.3) is 11.0 Å². The Bertz CT molecular complexity index is 980. The topological polar surface area (TPSA) is 65.2 Å². The van der Waals surface area contributed by atoms with Gasteiger partial charge >= 0.3 is 0 Å². The van der Waals surface area contributed by atoms with Gasteiger partial charge in [0, 0.05) is 31.8 Å². The third-order valence-electron chi connectivity index (χ3n) is 4.67. The predicted octanol–water partition coefficient (Wildman–Crippen LogP) is 1.91. The van der Waals surface area contributed by atoms with Crippen LogP contribution in [-0.4, -0.2) is 44.5 Å². The molecule has 3 heterocycles. The van der Waals surface area contributed by atoms with Crippen molar-refractivity contribution >= 4 is 22.6 Å². The molecule has 4 rings (SSSR count). The summed E-state index contributed by atoms with van der Waals surface area (Å²) in [4.78, 5) is 19.8. The number of hydrogen-bond donors (Lipinski definition) is 0. The molecule has 0 aliphatic carbocycles. The van der Waals surface area contributed by atoms with E-state index < -0.39 is 0 Å². The summed E-state index contributed by atoms with van der Waals surface area (Å²) < 4.78 is 8.61. The molecule has 0 amide bonds. The van der Waals surface area contributed by atoms with Crippen molar-refractivity contribution in [1.82, 2.24) is 24.2 Å². The molecule has 0 N–H and O–H groups in total. The number of ether oxygens (including phenoxy) is 1. The predicted molar refractivity (Wildman–Crippen MR) is 99.2 cm³/mol. The van der Waals surface area contributed by atoms with Gasteiger partial charge in [-0.3, -0.25) is 14.3 Å². The highest BCUT2D eigenvalue weighted by Gasteiger charge is 2.21. The van der Waals surface area contributed by atoms with Crippen LogP contribution in [0.1, 0.15) is 11.4 Å². The number of aromatic nitrogens is 4. The highest BCUT2D eigenvalue weighted by molar-refractivity contribution is 6.30. The lowest BCUT2D eigenvalue weighted by atomic mass is 10.2. The number of rotatable bonds is 5. The molecule has 0 fully saturated rings. The number of hydrogen-bond acceptors (Lipinski definition) is 5. The molecule has 2 aromatic heterocycles. The Hall–Kier alpha value is -2.22. The van der Waals surface area contributed by atoms with Crippen molar-refractivity contribution in [2.75, 3.05) is 20.3 Å². The summed E-state index contributed by atoms with van der Waals surface area (Å²) in [6, 6.07) is 7.85. The van der Waals surface area contributed by atoms with Gasteiger partial charge in [-0.15, -0.1) is 0 Å². The normalized spacial score (nSPS) is 14.7. The number of methoxy groups -OCH3 is 1. The van der Waals surface area contributed by atoms with Gasteiger partial charge in [-0.05, 0) is 17.7 Å². The molecular formula is C18H20ClN5O2. The van der Waals surface area contributed by atoms with E-state index in [1.165, 1.54) is 5.56 Å². The fourth-order valence-electron chi connectivity index (χ4n) is 3.29. The van der Waals surface area contributed by atoms with Gasteiger partial charge in [0.2, 0.25) is 0 Å². The van der Waals surface area contributed by atoms with E-state index in [9.17, 15) is 4.79 Å². The van der Waals surface area contributed by atoms with Crippen LogP contribution in [0, 0.1) is 0 Å². The maximum atomic E-state index is 12.8. The summed E-state index contributed by atoms with van der Waals surface area (Å²) in [6.07, 6.45) is 1.60. The molecule has 0 saturated heterocycles. The van der Waals surface area contributed by atoms with Gasteiger partial charge in [0.25, 0.3) is 5.56 Å². The molecule has 0 saturated carbocycles. The van der Waals surface area contributed by atoms with Crippen LogP contribution in [0.5, 0.6) is 0 Å². The Morgan fingerprint density at radius 3 is 2.81 bits per heavy atom. The molecule has 7 nitrogen and oxygen atoms in total. The highest BCUT2D eigenvalue weighted by Crippen LogP contribution is 2.17. The largest absolute Gasteiger partial charge is 0.383 e. The fourth-order valence-corrected chi connectivity index (χ4v) is 3.42. The van der Waals surface area contributed by atoms with Gasteiger partial charge in [0.15, 0.2) is 5.65 Å². The Labute approximate surface area is 155 Å². The van der Waals surface area contributed by atoms with E-state index in [0.717, 1.165) is 23.9 Å². The Balaban J connectivity index is 1.62. The van der Waals surface area contributed by atoms with Crippen LogP contribution in [0.4, 0.5) is 0 Å². The zero-order chi connectivity index (χ0) is 18.1. The molecule has 26 heavy (non-hydrogen) atoms. The van der Waals surface area contributed by atoms with Crippen LogP contribution in [0.2, 0.25) is 5.02 Å². The van der Waals surface area contributed by atoms with Crippen LogP contribution in [0.3, 0.4) is 0 Å². The first-order valence-electron chi connectivity index (χ1n) is 8.56. The Morgan fingerprint density at radius 1 is 1.23 bits per heavy atom. The van der Waals surface area contributed by atoms with Crippen molar-refractivity contribution in [3.63, 3.8) is 0 Å². The third-order valence-corrected chi connectivity index (χ3v) is 4.92. The minimum atomic E-state index is -0.0141. The standard InChI is InChI=1S/C18H20ClN5O2/c1-26-9-8-24-17-15(10-20-24)18(25)23-7-6-22(12-16(23)21-17)11-13-2-4-14(19)5-3-13/h2-5,10H,6-9,11-12H2,1H3. The van der Waals surface area contributed by atoms with Gasteiger partial charge in [0.05, 0.1) is 25.9 Å². The summed E-state index contributed by atoms with van der Waals surface area (Å²) in [7, 11) is 1.64. The third kappa shape index (κ3) is 3.25. The first-order chi connectivity index (χ1) is 12.7. The van der Waals surface area contributed by atoms with Gasteiger partial charge in [0.1, 0.15) is 11.2 Å². The lowest BCUT2D eigenvalue weighted by Gasteiger charge is -2.29. The van der Waals surface area contributed by atoms with Crippen LogP contribution in [0.15, 0.2) is 35.3 Å². The van der Waals surface area contributed by atoms with E-state index in [4.69, 9.17) is 21.3 Å². The van der Waals surface area contributed by atoms with Gasteiger partial charge in [-0.2, -0.15) is 5.10 Å². The SMILES string of the molecule is COCCn1ncc2c(=O)n3c(nc21)CN(Cc1ccc(Cl)cc1)CC3. The molecule has 8 heteroatoms. The van der Waals surface area contributed by atoms with E-state index in [1.807, 2.05) is 24.3 Å². The van der Waals surface area contributed by atoms with Crippen LogP contribution < -0.4 is 5.56 Å². The van der Waals surface area contributed by atoms with Crippen LogP contribution in [-0.2, 0) is 30.9 Å². The minimum absolute atomic E-state index is 0.0141. The maximum Gasteiger partial charge on any atom is 0.264 e. The van der Waals surface area contributed by atoms with Crippen molar-refractivity contribution in [2.45, 2.75) is 26.2 Å². The van der Waals surface area contributed by atoms with Crippen molar-refractivity contribution in [3.05, 3.63) is 57.2 Å².